The quantitative estimate of drug-likeness (QED) is 0.321. The Kier molecular flexibility index (Phi) is 6.50. The third-order valence-corrected chi connectivity index (χ3v) is 7.12. The lowest BCUT2D eigenvalue weighted by atomic mass is 9.96. The van der Waals surface area contributed by atoms with E-state index in [0.29, 0.717) is 11.5 Å². The first-order valence-electron chi connectivity index (χ1n) is 12.2. The second kappa shape index (κ2) is 9.71. The number of benzene rings is 2. The van der Waals surface area contributed by atoms with Crippen molar-refractivity contribution in [3.05, 3.63) is 70.6 Å². The van der Waals surface area contributed by atoms with Crippen LogP contribution >= 0.6 is 0 Å². The van der Waals surface area contributed by atoms with E-state index < -0.39 is 0 Å². The van der Waals surface area contributed by atoms with Gasteiger partial charge in [0.2, 0.25) is 0 Å². The molecule has 3 heterocycles. The fourth-order valence-electron chi connectivity index (χ4n) is 5.07. The van der Waals surface area contributed by atoms with E-state index in [0.717, 1.165) is 96.9 Å². The largest absolute Gasteiger partial charge is 0.381 e. The number of rotatable bonds is 7. The zero-order chi connectivity index (χ0) is 23.7. The number of hydrogen-bond donors (Lipinski definition) is 0. The lowest BCUT2D eigenvalue weighted by molar-refractivity contribution is 0.0626. The fourth-order valence-corrected chi connectivity index (χ4v) is 5.07. The average Bonchev–Trinajstić information content (AvgIpc) is 3.37. The Morgan fingerprint density at radius 1 is 1.03 bits per heavy atom. The summed E-state index contributed by atoms with van der Waals surface area (Å²) in [5, 5.41) is 4.11. The first kappa shape index (κ1) is 22.8. The van der Waals surface area contributed by atoms with Crippen LogP contribution in [0.4, 0.5) is 4.39 Å². The van der Waals surface area contributed by atoms with Crippen LogP contribution in [0.1, 0.15) is 47.7 Å². The summed E-state index contributed by atoms with van der Waals surface area (Å²) in [6, 6.07) is 12.0. The smallest absolute Gasteiger partial charge is 0.141 e. The van der Waals surface area contributed by atoms with Crippen molar-refractivity contribution in [2.75, 3.05) is 13.2 Å². The Morgan fingerprint density at radius 3 is 2.59 bits per heavy atom. The number of imidazole rings is 1. The van der Waals surface area contributed by atoms with Gasteiger partial charge in [0, 0.05) is 31.7 Å². The lowest BCUT2D eigenvalue weighted by Crippen LogP contribution is -2.18. The molecule has 34 heavy (non-hydrogen) atoms. The maximum Gasteiger partial charge on any atom is 0.141 e. The molecule has 1 aliphatic heterocycles. The van der Waals surface area contributed by atoms with E-state index in [4.69, 9.17) is 14.2 Å². The van der Waals surface area contributed by atoms with Gasteiger partial charge in [-0.3, -0.25) is 0 Å². The Labute approximate surface area is 199 Å². The first-order valence-corrected chi connectivity index (χ1v) is 12.2. The van der Waals surface area contributed by atoms with Gasteiger partial charge in [0.1, 0.15) is 17.4 Å². The monoisotopic (exact) mass is 461 g/mol. The van der Waals surface area contributed by atoms with Crippen LogP contribution in [-0.4, -0.2) is 27.9 Å². The molecule has 1 saturated heterocycles. The van der Waals surface area contributed by atoms with E-state index in [2.05, 4.69) is 27.9 Å². The third-order valence-electron chi connectivity index (χ3n) is 7.12. The maximum atomic E-state index is 14.1. The van der Waals surface area contributed by atoms with Crippen LogP contribution in [0, 0.1) is 32.5 Å². The van der Waals surface area contributed by atoms with Crippen molar-refractivity contribution in [2.45, 2.75) is 59.4 Å². The number of aromatic nitrogens is 3. The van der Waals surface area contributed by atoms with Crippen LogP contribution in [0.3, 0.4) is 0 Å². The van der Waals surface area contributed by atoms with Crippen LogP contribution in [0.2, 0.25) is 0 Å². The summed E-state index contributed by atoms with van der Waals surface area (Å²) in [5.74, 6) is 2.41. The fraction of sp³-hybridized carbons (Fsp3) is 0.429. The molecule has 0 spiro atoms. The van der Waals surface area contributed by atoms with Crippen molar-refractivity contribution in [3.63, 3.8) is 0 Å². The molecule has 0 N–H and O–H groups in total. The van der Waals surface area contributed by atoms with Gasteiger partial charge in [0.25, 0.3) is 0 Å². The van der Waals surface area contributed by atoms with Gasteiger partial charge >= 0.3 is 0 Å². The number of ether oxygens (including phenoxy) is 1. The average molecular weight is 462 g/mol. The predicted molar refractivity (Wildman–Crippen MR) is 131 cm³/mol. The number of halogens is 1. The Balaban J connectivity index is 1.46. The first-order chi connectivity index (χ1) is 16.5. The normalized spacial score (nSPS) is 14.8. The minimum Gasteiger partial charge on any atom is -0.381 e. The van der Waals surface area contributed by atoms with Crippen molar-refractivity contribution in [1.29, 1.82) is 0 Å². The van der Waals surface area contributed by atoms with Crippen LogP contribution in [0.5, 0.6) is 0 Å². The topological polar surface area (TPSA) is 53.1 Å². The molecule has 2 aromatic heterocycles. The van der Waals surface area contributed by atoms with Crippen molar-refractivity contribution in [3.8, 4) is 11.1 Å². The van der Waals surface area contributed by atoms with E-state index in [1.54, 1.807) is 13.0 Å². The second-order valence-electron chi connectivity index (χ2n) is 9.51. The highest BCUT2D eigenvalue weighted by molar-refractivity contribution is 5.83. The van der Waals surface area contributed by atoms with Crippen molar-refractivity contribution < 1.29 is 13.7 Å². The van der Waals surface area contributed by atoms with Gasteiger partial charge < -0.3 is 13.8 Å². The Hall–Kier alpha value is -2.99. The van der Waals surface area contributed by atoms with Gasteiger partial charge in [-0.1, -0.05) is 23.4 Å². The molecule has 0 radical (unpaired) electrons. The summed E-state index contributed by atoms with van der Waals surface area (Å²) in [6.07, 6.45) is 4.90. The molecule has 0 aliphatic carbocycles. The summed E-state index contributed by atoms with van der Waals surface area (Å²) in [7, 11) is 0. The molecular formula is C28H32FN3O2. The molecule has 5 nitrogen and oxygen atoms in total. The van der Waals surface area contributed by atoms with Gasteiger partial charge in [0.15, 0.2) is 0 Å². The summed E-state index contributed by atoms with van der Waals surface area (Å²) in [4.78, 5) is 5.05. The van der Waals surface area contributed by atoms with Crippen molar-refractivity contribution in [1.82, 2.24) is 14.7 Å². The number of fused-ring (bicyclic) bond motifs is 1. The molecule has 1 aliphatic rings. The number of hydrogen-bond acceptors (Lipinski definition) is 4. The van der Waals surface area contributed by atoms with Crippen molar-refractivity contribution in [2.24, 2.45) is 5.92 Å². The molecule has 0 amide bonds. The Bertz CT molecular complexity index is 1280. The second-order valence-corrected chi connectivity index (χ2v) is 9.51. The molecule has 2 aromatic carbocycles. The maximum absolute atomic E-state index is 14.1. The minimum absolute atomic E-state index is 0.144. The Morgan fingerprint density at radius 2 is 1.85 bits per heavy atom. The lowest BCUT2D eigenvalue weighted by Gasteiger charge is -2.22. The molecule has 0 atom stereocenters. The van der Waals surface area contributed by atoms with E-state index in [-0.39, 0.29) is 5.82 Å². The SMILES string of the molecule is Cc1ccc(CCc2nc3cc(-c4c(C)noc4C)ccc3n2CCC2CCOCC2)cc1F. The van der Waals surface area contributed by atoms with Crippen LogP contribution in [0.15, 0.2) is 40.9 Å². The highest BCUT2D eigenvalue weighted by Crippen LogP contribution is 2.31. The van der Waals surface area contributed by atoms with E-state index >= 15 is 0 Å². The molecule has 178 valence electrons. The highest BCUT2D eigenvalue weighted by atomic mass is 19.1. The van der Waals surface area contributed by atoms with Gasteiger partial charge in [-0.15, -0.1) is 0 Å². The van der Waals surface area contributed by atoms with Crippen LogP contribution < -0.4 is 0 Å². The van der Waals surface area contributed by atoms with Gasteiger partial charge in [-0.25, -0.2) is 9.37 Å². The standard InChI is InChI=1S/C28H32FN3O2/c1-18-4-5-22(16-24(18)29)6-9-27-30-25-17-23(28-19(2)31-34-20(28)3)7-8-26(25)32(27)13-10-21-11-14-33-15-12-21/h4-5,7-8,16-17,21H,6,9-15H2,1-3H3. The summed E-state index contributed by atoms with van der Waals surface area (Å²) >= 11 is 0. The third kappa shape index (κ3) is 4.64. The molecule has 0 unspecified atom stereocenters. The summed E-state index contributed by atoms with van der Waals surface area (Å²) in [6.45, 7) is 8.37. The molecule has 6 heteroatoms. The minimum atomic E-state index is -0.144. The summed E-state index contributed by atoms with van der Waals surface area (Å²) in [5.41, 5.74) is 6.81. The van der Waals surface area contributed by atoms with Crippen LogP contribution in [-0.2, 0) is 24.1 Å². The van der Waals surface area contributed by atoms with Gasteiger partial charge in [0.05, 0.1) is 16.7 Å². The molecule has 5 rings (SSSR count). The zero-order valence-electron chi connectivity index (χ0n) is 20.2. The predicted octanol–water partition coefficient (Wildman–Crippen LogP) is 6.36. The molecule has 1 fully saturated rings. The number of aryl methyl sites for hydroxylation is 6. The molecule has 4 aromatic rings. The van der Waals surface area contributed by atoms with Gasteiger partial charge in [-0.05, 0) is 87.3 Å². The molecule has 0 bridgehead atoms. The van der Waals surface area contributed by atoms with Crippen molar-refractivity contribution >= 4 is 11.0 Å². The zero-order valence-corrected chi connectivity index (χ0v) is 20.2. The van der Waals surface area contributed by atoms with E-state index in [9.17, 15) is 4.39 Å². The van der Waals surface area contributed by atoms with Gasteiger partial charge in [-0.2, -0.15) is 0 Å². The molecule has 0 saturated carbocycles. The highest BCUT2D eigenvalue weighted by Gasteiger charge is 2.18. The van der Waals surface area contributed by atoms with E-state index in [1.165, 1.54) is 0 Å². The summed E-state index contributed by atoms with van der Waals surface area (Å²) < 4.78 is 27.4. The van der Waals surface area contributed by atoms with E-state index in [1.807, 2.05) is 26.0 Å². The number of nitrogens with zero attached hydrogens (tertiary/aromatic N) is 3. The van der Waals surface area contributed by atoms with Crippen LogP contribution in [0.25, 0.3) is 22.2 Å². The molecular weight excluding hydrogens is 429 g/mol.